The number of carbonyl (C=O) groups excluding carboxylic acids is 3. The topological polar surface area (TPSA) is 118 Å². The van der Waals surface area contributed by atoms with Gasteiger partial charge in [-0.25, -0.2) is 9.82 Å². The summed E-state index contributed by atoms with van der Waals surface area (Å²) in [6.45, 7) is -0.288. The number of nitrogens with one attached hydrogen (secondary N) is 3. The number of hydrazone groups is 1. The van der Waals surface area contributed by atoms with Gasteiger partial charge in [-0.05, 0) is 77.4 Å². The fraction of sp³-hybridized carbons (Fsp3) is 0.238. The van der Waals surface area contributed by atoms with Crippen molar-refractivity contribution in [3.8, 4) is 11.5 Å². The molecule has 168 valence electrons. The number of rotatable bonds is 8. The number of carbonyl (C=O) groups is 3. The fourth-order valence-corrected chi connectivity index (χ4v) is 3.30. The molecule has 3 rings (SSSR count). The highest BCUT2D eigenvalue weighted by Gasteiger charge is 2.26. The molecule has 9 nitrogen and oxygen atoms in total. The number of nitrogens with zero attached hydrogens (tertiary/aromatic N) is 1. The molecule has 3 amide bonds. The van der Waals surface area contributed by atoms with Crippen molar-refractivity contribution in [2.45, 2.75) is 18.9 Å². The fourth-order valence-electron chi connectivity index (χ4n) is 2.52. The number of hydrogen-bond acceptors (Lipinski definition) is 6. The molecule has 1 fully saturated rings. The smallest absolute Gasteiger partial charge is 0.329 e. The van der Waals surface area contributed by atoms with Crippen LogP contribution >= 0.6 is 22.6 Å². The van der Waals surface area contributed by atoms with Crippen molar-refractivity contribution in [3.05, 3.63) is 51.3 Å². The van der Waals surface area contributed by atoms with Crippen LogP contribution in [-0.2, 0) is 14.4 Å². The third-order valence-electron chi connectivity index (χ3n) is 4.23. The molecule has 0 aromatic heterocycles. The highest BCUT2D eigenvalue weighted by molar-refractivity contribution is 14.1. The van der Waals surface area contributed by atoms with Crippen LogP contribution in [0.5, 0.6) is 11.5 Å². The Bertz CT molecular complexity index is 1040. The summed E-state index contributed by atoms with van der Waals surface area (Å²) in [5.74, 6) is -1.69. The largest absolute Gasteiger partial charge is 0.493 e. The molecule has 0 radical (unpaired) electrons. The van der Waals surface area contributed by atoms with Crippen molar-refractivity contribution >= 4 is 52.2 Å². The molecule has 32 heavy (non-hydrogen) atoms. The predicted molar refractivity (Wildman–Crippen MR) is 123 cm³/mol. The van der Waals surface area contributed by atoms with Crippen molar-refractivity contribution < 1.29 is 28.2 Å². The molecule has 0 bridgehead atoms. The highest BCUT2D eigenvalue weighted by Crippen LogP contribution is 2.33. The second-order valence-electron chi connectivity index (χ2n) is 6.82. The van der Waals surface area contributed by atoms with Gasteiger partial charge in [-0.1, -0.05) is 0 Å². The minimum Gasteiger partial charge on any atom is -0.493 e. The molecule has 11 heteroatoms. The van der Waals surface area contributed by atoms with Gasteiger partial charge in [0.15, 0.2) is 18.1 Å². The lowest BCUT2D eigenvalue weighted by atomic mass is 10.2. The zero-order valence-electron chi connectivity index (χ0n) is 17.0. The number of halogens is 2. The van der Waals surface area contributed by atoms with Crippen molar-refractivity contribution in [2.24, 2.45) is 5.10 Å². The van der Waals surface area contributed by atoms with Crippen LogP contribution in [0.2, 0.25) is 0 Å². The van der Waals surface area contributed by atoms with E-state index >= 15 is 0 Å². The van der Waals surface area contributed by atoms with Crippen molar-refractivity contribution in [1.82, 2.24) is 10.7 Å². The molecule has 0 heterocycles. The molecule has 2 aromatic rings. The van der Waals surface area contributed by atoms with E-state index in [9.17, 15) is 18.8 Å². The summed E-state index contributed by atoms with van der Waals surface area (Å²) in [5, 5.41) is 8.96. The quantitative estimate of drug-likeness (QED) is 0.200. The summed E-state index contributed by atoms with van der Waals surface area (Å²) in [6, 6.07) is 8.76. The lowest BCUT2D eigenvalue weighted by Crippen LogP contribution is -2.38. The first-order chi connectivity index (χ1) is 15.4. The maximum atomic E-state index is 13.0. The van der Waals surface area contributed by atoms with Crippen LogP contribution in [0.15, 0.2) is 41.5 Å². The molecular formula is C21H20FIN4O5. The molecule has 1 aliphatic carbocycles. The third kappa shape index (κ3) is 6.90. The van der Waals surface area contributed by atoms with Gasteiger partial charge in [0, 0.05) is 11.7 Å². The van der Waals surface area contributed by atoms with Crippen LogP contribution in [0, 0.1) is 9.39 Å². The molecule has 0 spiro atoms. The first-order valence-electron chi connectivity index (χ1n) is 9.55. The Balaban J connectivity index is 1.57. The molecule has 2 aromatic carbocycles. The van der Waals surface area contributed by atoms with E-state index in [0.29, 0.717) is 26.3 Å². The summed E-state index contributed by atoms with van der Waals surface area (Å²) >= 11 is 2.01. The van der Waals surface area contributed by atoms with Crippen LogP contribution < -0.4 is 25.5 Å². The summed E-state index contributed by atoms with van der Waals surface area (Å²) in [6.07, 6.45) is 3.11. The number of anilines is 1. The molecule has 3 N–H and O–H groups in total. The van der Waals surface area contributed by atoms with Crippen molar-refractivity contribution in [1.29, 1.82) is 0 Å². The molecule has 0 aliphatic heterocycles. The van der Waals surface area contributed by atoms with Gasteiger partial charge in [-0.3, -0.25) is 14.4 Å². The SMILES string of the molecule is COc1cc(/C=N\NC(=O)C(=O)NC2CC2)cc(I)c1OCC(=O)Nc1ccc(F)cc1. The Kier molecular flexibility index (Phi) is 7.98. The van der Waals surface area contributed by atoms with Gasteiger partial charge in [-0.2, -0.15) is 5.10 Å². The van der Waals surface area contributed by atoms with Gasteiger partial charge in [0.25, 0.3) is 5.91 Å². The van der Waals surface area contributed by atoms with Crippen molar-refractivity contribution in [2.75, 3.05) is 19.0 Å². The second kappa shape index (κ2) is 10.9. The van der Waals surface area contributed by atoms with Gasteiger partial charge in [-0.15, -0.1) is 0 Å². The zero-order valence-corrected chi connectivity index (χ0v) is 19.1. The summed E-state index contributed by atoms with van der Waals surface area (Å²) in [4.78, 5) is 35.4. The number of benzene rings is 2. The number of hydrogen-bond donors (Lipinski definition) is 3. The Morgan fingerprint density at radius 2 is 1.91 bits per heavy atom. The number of ether oxygens (including phenoxy) is 2. The lowest BCUT2D eigenvalue weighted by molar-refractivity contribution is -0.139. The van der Waals surface area contributed by atoms with E-state index in [2.05, 4.69) is 21.2 Å². The van der Waals surface area contributed by atoms with E-state index in [1.807, 2.05) is 22.6 Å². The predicted octanol–water partition coefficient (Wildman–Crippen LogP) is 2.19. The van der Waals surface area contributed by atoms with Gasteiger partial charge in [0.2, 0.25) is 0 Å². The first kappa shape index (κ1) is 23.4. The maximum absolute atomic E-state index is 13.0. The van der Waals surface area contributed by atoms with Gasteiger partial charge in [0.05, 0.1) is 16.9 Å². The molecule has 0 saturated heterocycles. The Morgan fingerprint density at radius 1 is 1.19 bits per heavy atom. The van der Waals surface area contributed by atoms with Crippen LogP contribution in [0.3, 0.4) is 0 Å². The van der Waals surface area contributed by atoms with Gasteiger partial charge in [0.1, 0.15) is 5.82 Å². The standard InChI is InChI=1S/C21H20FIN4O5/c1-31-17-9-12(10-24-27-21(30)20(29)26-15-6-7-15)8-16(23)19(17)32-11-18(28)25-14-4-2-13(22)3-5-14/h2-5,8-10,15H,6-7,11H2,1H3,(H,25,28)(H,26,29)(H,27,30)/b24-10-. The molecule has 0 atom stereocenters. The summed E-state index contributed by atoms with van der Waals surface area (Å²) in [7, 11) is 1.45. The monoisotopic (exact) mass is 554 g/mol. The zero-order chi connectivity index (χ0) is 23.1. The number of methoxy groups -OCH3 is 1. The van der Waals surface area contributed by atoms with Crippen molar-refractivity contribution in [3.63, 3.8) is 0 Å². The van der Waals surface area contributed by atoms with E-state index in [0.717, 1.165) is 12.8 Å². The molecule has 0 unspecified atom stereocenters. The number of amides is 3. The average Bonchev–Trinajstić information content (AvgIpc) is 3.58. The minimum atomic E-state index is -0.845. The Hall–Kier alpha value is -3.22. The minimum absolute atomic E-state index is 0.0772. The van der Waals surface area contributed by atoms with Crippen LogP contribution in [0.1, 0.15) is 18.4 Å². The normalized spacial score (nSPS) is 12.8. The summed E-state index contributed by atoms with van der Waals surface area (Å²) in [5.41, 5.74) is 3.20. The van der Waals surface area contributed by atoms with E-state index in [-0.39, 0.29) is 12.6 Å². The Morgan fingerprint density at radius 3 is 2.56 bits per heavy atom. The van der Waals surface area contributed by atoms with E-state index < -0.39 is 23.5 Å². The Labute approximate surface area is 196 Å². The van der Waals surface area contributed by atoms with Crippen LogP contribution in [0.25, 0.3) is 0 Å². The van der Waals surface area contributed by atoms with E-state index in [1.54, 1.807) is 12.1 Å². The van der Waals surface area contributed by atoms with E-state index in [1.165, 1.54) is 37.6 Å². The van der Waals surface area contributed by atoms with Gasteiger partial charge < -0.3 is 20.1 Å². The molecule has 1 aliphatic rings. The third-order valence-corrected chi connectivity index (χ3v) is 5.03. The second-order valence-corrected chi connectivity index (χ2v) is 7.99. The highest BCUT2D eigenvalue weighted by atomic mass is 127. The van der Waals surface area contributed by atoms with E-state index in [4.69, 9.17) is 9.47 Å². The van der Waals surface area contributed by atoms with Crippen LogP contribution in [0.4, 0.5) is 10.1 Å². The van der Waals surface area contributed by atoms with Crippen LogP contribution in [-0.4, -0.2) is 43.7 Å². The molecular weight excluding hydrogens is 534 g/mol. The average molecular weight is 554 g/mol. The van der Waals surface area contributed by atoms with Gasteiger partial charge >= 0.3 is 11.8 Å². The lowest BCUT2D eigenvalue weighted by Gasteiger charge is -2.13. The summed E-state index contributed by atoms with van der Waals surface area (Å²) < 4.78 is 24.5. The first-order valence-corrected chi connectivity index (χ1v) is 10.6. The maximum Gasteiger partial charge on any atom is 0.329 e. The molecule has 1 saturated carbocycles.